The molecule has 0 saturated heterocycles. The highest BCUT2D eigenvalue weighted by Gasteiger charge is 2.26. The van der Waals surface area contributed by atoms with Crippen molar-refractivity contribution in [1.29, 1.82) is 0 Å². The predicted molar refractivity (Wildman–Crippen MR) is 92.2 cm³/mol. The average molecular weight is 360 g/mol. The van der Waals surface area contributed by atoms with Crippen LogP contribution >= 0.6 is 0 Å². The van der Waals surface area contributed by atoms with E-state index < -0.39 is 0 Å². The molecule has 0 radical (unpaired) electrons. The first-order valence-electron chi connectivity index (χ1n) is 8.43. The highest BCUT2D eigenvalue weighted by molar-refractivity contribution is 5.92. The van der Waals surface area contributed by atoms with Crippen molar-refractivity contribution >= 4 is 11.8 Å². The van der Waals surface area contributed by atoms with E-state index in [9.17, 15) is 14.0 Å². The molecule has 1 aromatic carbocycles. The smallest absolute Gasteiger partial charge is 0.271 e. The molecule has 1 unspecified atom stereocenters. The molecule has 7 nitrogen and oxygen atoms in total. The summed E-state index contributed by atoms with van der Waals surface area (Å²) >= 11 is 0. The summed E-state index contributed by atoms with van der Waals surface area (Å²) < 4.78 is 19.8. The molecule has 3 rings (SSSR count). The maximum atomic E-state index is 13.2. The van der Waals surface area contributed by atoms with Crippen LogP contribution in [0.3, 0.4) is 0 Å². The van der Waals surface area contributed by atoms with E-state index >= 15 is 0 Å². The molecule has 1 aromatic heterocycles. The number of ether oxygens (including phenoxy) is 1. The zero-order valence-corrected chi connectivity index (χ0v) is 14.5. The molecule has 0 aliphatic carbocycles. The van der Waals surface area contributed by atoms with Gasteiger partial charge >= 0.3 is 0 Å². The summed E-state index contributed by atoms with van der Waals surface area (Å²) in [6.07, 6.45) is 0.733. The second-order valence-electron chi connectivity index (χ2n) is 6.23. The van der Waals surface area contributed by atoms with Crippen molar-refractivity contribution in [2.24, 2.45) is 0 Å². The van der Waals surface area contributed by atoms with Gasteiger partial charge in [0.25, 0.3) is 5.91 Å². The molecule has 1 aliphatic heterocycles. The van der Waals surface area contributed by atoms with E-state index in [0.29, 0.717) is 37.4 Å². The minimum absolute atomic E-state index is 0.0795. The van der Waals surface area contributed by atoms with Gasteiger partial charge in [-0.05, 0) is 23.8 Å². The van der Waals surface area contributed by atoms with Crippen LogP contribution in [0, 0.1) is 5.82 Å². The lowest BCUT2D eigenvalue weighted by Crippen LogP contribution is -2.37. The topological polar surface area (TPSA) is 85.2 Å². The van der Waals surface area contributed by atoms with Gasteiger partial charge in [-0.1, -0.05) is 12.1 Å². The van der Waals surface area contributed by atoms with E-state index in [1.165, 1.54) is 12.1 Å². The summed E-state index contributed by atoms with van der Waals surface area (Å²) in [5.74, 6) is -0.757. The Labute approximate surface area is 150 Å². The first kappa shape index (κ1) is 18.1. The molecule has 0 bridgehead atoms. The molecule has 1 atom stereocenters. The third-order valence-corrected chi connectivity index (χ3v) is 4.16. The van der Waals surface area contributed by atoms with Gasteiger partial charge in [0, 0.05) is 25.8 Å². The number of nitrogens with zero attached hydrogens (tertiary/aromatic N) is 2. The molecule has 26 heavy (non-hydrogen) atoms. The van der Waals surface area contributed by atoms with E-state index in [1.54, 1.807) is 30.0 Å². The number of hydrogen-bond donors (Lipinski definition) is 2. The number of rotatable bonds is 7. The molecule has 2 aromatic rings. The molecule has 2 heterocycles. The number of carbonyl (C=O) groups is 2. The zero-order chi connectivity index (χ0) is 18.5. The summed E-state index contributed by atoms with van der Waals surface area (Å²) in [7, 11) is 1.57. The molecular weight excluding hydrogens is 339 g/mol. The second kappa shape index (κ2) is 8.09. The van der Waals surface area contributed by atoms with Crippen LogP contribution in [0.25, 0.3) is 0 Å². The third kappa shape index (κ3) is 4.45. The number of halogens is 1. The van der Waals surface area contributed by atoms with Gasteiger partial charge in [0.05, 0.1) is 25.6 Å². The highest BCUT2D eigenvalue weighted by Crippen LogP contribution is 2.16. The number of methoxy groups -OCH3 is 1. The minimum Gasteiger partial charge on any atom is -0.383 e. The number of aromatic nitrogens is 2. The summed E-state index contributed by atoms with van der Waals surface area (Å²) in [6.45, 7) is 1.38. The Kier molecular flexibility index (Phi) is 5.62. The van der Waals surface area contributed by atoms with Crippen molar-refractivity contribution < 1.29 is 18.7 Å². The van der Waals surface area contributed by atoms with Crippen LogP contribution in [0.1, 0.15) is 21.7 Å². The molecule has 2 N–H and O–H groups in total. The van der Waals surface area contributed by atoms with Gasteiger partial charge in [-0.15, -0.1) is 0 Å². The van der Waals surface area contributed by atoms with Gasteiger partial charge in [-0.25, -0.2) is 4.39 Å². The summed E-state index contributed by atoms with van der Waals surface area (Å²) in [6, 6.07) is 7.66. The van der Waals surface area contributed by atoms with Gasteiger partial charge in [0.1, 0.15) is 11.5 Å². The van der Waals surface area contributed by atoms with Gasteiger partial charge in [-0.3, -0.25) is 14.3 Å². The summed E-state index contributed by atoms with van der Waals surface area (Å²) in [5, 5.41) is 9.94. The molecular formula is C18H21FN4O3. The second-order valence-corrected chi connectivity index (χ2v) is 6.23. The lowest BCUT2D eigenvalue weighted by atomic mass is 10.1. The van der Waals surface area contributed by atoms with Crippen molar-refractivity contribution in [2.75, 3.05) is 20.3 Å². The number of nitrogens with one attached hydrogen (secondary N) is 2. The van der Waals surface area contributed by atoms with E-state index in [4.69, 9.17) is 4.74 Å². The summed E-state index contributed by atoms with van der Waals surface area (Å²) in [4.78, 5) is 24.1. The Morgan fingerprint density at radius 2 is 2.23 bits per heavy atom. The van der Waals surface area contributed by atoms with E-state index in [-0.39, 0.29) is 30.1 Å². The van der Waals surface area contributed by atoms with Crippen molar-refractivity contribution in [2.45, 2.75) is 25.4 Å². The van der Waals surface area contributed by atoms with Crippen molar-refractivity contribution in [3.63, 3.8) is 0 Å². The SMILES string of the molecule is COCCNC(=O)c1cc2n(n1)CC(NC(=O)Cc1cccc(F)c1)C2. The monoisotopic (exact) mass is 360 g/mol. The molecule has 0 spiro atoms. The lowest BCUT2D eigenvalue weighted by molar-refractivity contribution is -0.121. The fourth-order valence-corrected chi connectivity index (χ4v) is 2.98. The molecule has 1 aliphatic rings. The average Bonchev–Trinajstić information content (AvgIpc) is 3.13. The Morgan fingerprint density at radius 1 is 1.38 bits per heavy atom. The predicted octanol–water partition coefficient (Wildman–Crippen LogP) is 0.682. The van der Waals surface area contributed by atoms with Crippen LogP contribution in [-0.4, -0.2) is 47.9 Å². The van der Waals surface area contributed by atoms with Crippen molar-refractivity contribution in [3.8, 4) is 0 Å². The normalized spacial score (nSPS) is 15.5. The van der Waals surface area contributed by atoms with Crippen LogP contribution in [0.15, 0.2) is 30.3 Å². The lowest BCUT2D eigenvalue weighted by Gasteiger charge is -2.12. The first-order chi connectivity index (χ1) is 12.5. The van der Waals surface area contributed by atoms with E-state index in [2.05, 4.69) is 15.7 Å². The van der Waals surface area contributed by atoms with Crippen LogP contribution in [0.2, 0.25) is 0 Å². The number of benzene rings is 1. The van der Waals surface area contributed by atoms with Crippen molar-refractivity contribution in [1.82, 2.24) is 20.4 Å². The van der Waals surface area contributed by atoms with Crippen molar-refractivity contribution in [3.05, 3.63) is 53.1 Å². The Hall–Kier alpha value is -2.74. The van der Waals surface area contributed by atoms with E-state index in [1.807, 2.05) is 0 Å². The summed E-state index contributed by atoms with van der Waals surface area (Å²) in [5.41, 5.74) is 1.90. The molecule has 138 valence electrons. The maximum absolute atomic E-state index is 13.2. The minimum atomic E-state index is -0.354. The Balaban J connectivity index is 1.50. The van der Waals surface area contributed by atoms with Gasteiger partial charge in [-0.2, -0.15) is 5.10 Å². The van der Waals surface area contributed by atoms with Crippen LogP contribution < -0.4 is 10.6 Å². The number of amides is 2. The standard InChI is InChI=1S/C18H21FN4O3/c1-26-6-5-20-18(25)16-10-15-9-14(11-23(15)22-16)21-17(24)8-12-3-2-4-13(19)7-12/h2-4,7,10,14H,5-6,8-9,11H2,1H3,(H,20,25)(H,21,24). The van der Waals surface area contributed by atoms with Gasteiger partial charge < -0.3 is 15.4 Å². The largest absolute Gasteiger partial charge is 0.383 e. The fourth-order valence-electron chi connectivity index (χ4n) is 2.98. The molecule has 0 fully saturated rings. The highest BCUT2D eigenvalue weighted by atomic mass is 19.1. The molecule has 0 saturated carbocycles. The number of fused-ring (bicyclic) bond motifs is 1. The van der Waals surface area contributed by atoms with E-state index in [0.717, 1.165) is 5.69 Å². The quantitative estimate of drug-likeness (QED) is 0.711. The first-order valence-corrected chi connectivity index (χ1v) is 8.43. The Morgan fingerprint density at radius 3 is 2.96 bits per heavy atom. The number of hydrogen-bond acceptors (Lipinski definition) is 4. The van der Waals surface area contributed by atoms with Gasteiger partial charge in [0.2, 0.25) is 5.91 Å². The zero-order valence-electron chi connectivity index (χ0n) is 14.5. The van der Waals surface area contributed by atoms with Crippen LogP contribution in [0.5, 0.6) is 0 Å². The molecule has 2 amide bonds. The third-order valence-electron chi connectivity index (χ3n) is 4.16. The Bertz CT molecular complexity index is 782. The van der Waals surface area contributed by atoms with Gasteiger partial charge in [0.15, 0.2) is 0 Å². The van der Waals surface area contributed by atoms with Crippen LogP contribution in [-0.2, 0) is 28.9 Å². The number of carbonyl (C=O) groups excluding carboxylic acids is 2. The maximum Gasteiger partial charge on any atom is 0.271 e. The van der Waals surface area contributed by atoms with Crippen LogP contribution in [0.4, 0.5) is 4.39 Å². The molecule has 8 heteroatoms. The fraction of sp³-hybridized carbons (Fsp3) is 0.389.